The second-order valence-corrected chi connectivity index (χ2v) is 4.56. The zero-order chi connectivity index (χ0) is 12.8. The minimum atomic E-state index is -0.209. The summed E-state index contributed by atoms with van der Waals surface area (Å²) in [4.78, 5) is 14.0. The van der Waals surface area contributed by atoms with Gasteiger partial charge in [0, 0.05) is 19.6 Å². The number of hydrogen-bond donors (Lipinski definition) is 2. The van der Waals surface area contributed by atoms with Crippen molar-refractivity contribution in [1.82, 2.24) is 20.4 Å². The molecule has 0 unspecified atom stereocenters. The first-order chi connectivity index (χ1) is 8.77. The van der Waals surface area contributed by atoms with Crippen LogP contribution in [0.2, 0.25) is 5.02 Å². The second kappa shape index (κ2) is 6.72. The third kappa shape index (κ3) is 3.69. The molecule has 0 aliphatic carbocycles. The van der Waals surface area contributed by atoms with Gasteiger partial charge in [-0.05, 0) is 13.0 Å². The van der Waals surface area contributed by atoms with Crippen LogP contribution in [-0.4, -0.2) is 60.4 Å². The molecule has 1 fully saturated rings. The molecule has 1 aromatic rings. The molecule has 2 rings (SSSR count). The molecule has 1 aliphatic rings. The lowest BCUT2D eigenvalue weighted by Crippen LogP contribution is -2.38. The summed E-state index contributed by atoms with van der Waals surface area (Å²) in [5, 5.41) is 9.44. The molecule has 1 aromatic heterocycles. The summed E-state index contributed by atoms with van der Waals surface area (Å²) in [7, 11) is 0. The first-order valence-corrected chi connectivity index (χ1v) is 6.42. The van der Waals surface area contributed by atoms with Gasteiger partial charge >= 0.3 is 0 Å². The van der Waals surface area contributed by atoms with Gasteiger partial charge in [0.15, 0.2) is 0 Å². The Balaban J connectivity index is 1.63. The Morgan fingerprint density at radius 2 is 2.33 bits per heavy atom. The van der Waals surface area contributed by atoms with Crippen LogP contribution in [0, 0.1) is 0 Å². The van der Waals surface area contributed by atoms with Crippen molar-refractivity contribution in [2.24, 2.45) is 0 Å². The predicted molar refractivity (Wildman–Crippen MR) is 67.8 cm³/mol. The molecule has 0 spiro atoms. The highest BCUT2D eigenvalue weighted by molar-refractivity contribution is 6.33. The Morgan fingerprint density at radius 1 is 1.56 bits per heavy atom. The quantitative estimate of drug-likeness (QED) is 0.767. The summed E-state index contributed by atoms with van der Waals surface area (Å²) in [6.45, 7) is 5.15. The van der Waals surface area contributed by atoms with Crippen LogP contribution in [0.1, 0.15) is 16.9 Å². The summed E-state index contributed by atoms with van der Waals surface area (Å²) >= 11 is 5.79. The highest BCUT2D eigenvalue weighted by Crippen LogP contribution is 2.10. The SMILES string of the molecule is O=C(NCCCN1CCOCC1)c1[nH]ncc1Cl. The average molecular weight is 273 g/mol. The Hall–Kier alpha value is -1.11. The fourth-order valence-corrected chi connectivity index (χ4v) is 2.03. The van der Waals surface area contributed by atoms with Gasteiger partial charge in [-0.15, -0.1) is 0 Å². The number of rotatable bonds is 5. The van der Waals surface area contributed by atoms with Crippen LogP contribution < -0.4 is 5.32 Å². The van der Waals surface area contributed by atoms with Crippen LogP contribution in [0.25, 0.3) is 0 Å². The Labute approximate surface area is 111 Å². The van der Waals surface area contributed by atoms with Crippen LogP contribution in [0.5, 0.6) is 0 Å². The van der Waals surface area contributed by atoms with Gasteiger partial charge in [-0.3, -0.25) is 14.8 Å². The lowest BCUT2D eigenvalue weighted by atomic mass is 10.3. The normalized spacial score (nSPS) is 16.7. The molecule has 0 atom stereocenters. The monoisotopic (exact) mass is 272 g/mol. The van der Waals surface area contributed by atoms with Crippen molar-refractivity contribution in [1.29, 1.82) is 0 Å². The van der Waals surface area contributed by atoms with Gasteiger partial charge in [0.1, 0.15) is 5.69 Å². The van der Waals surface area contributed by atoms with Crippen LogP contribution >= 0.6 is 11.6 Å². The molecule has 1 saturated heterocycles. The van der Waals surface area contributed by atoms with E-state index >= 15 is 0 Å². The number of nitrogens with one attached hydrogen (secondary N) is 2. The number of aromatic nitrogens is 2. The highest BCUT2D eigenvalue weighted by atomic mass is 35.5. The highest BCUT2D eigenvalue weighted by Gasteiger charge is 2.12. The van der Waals surface area contributed by atoms with Crippen molar-refractivity contribution in [3.63, 3.8) is 0 Å². The number of hydrogen-bond acceptors (Lipinski definition) is 4. The number of carbonyl (C=O) groups excluding carboxylic acids is 1. The number of morpholine rings is 1. The van der Waals surface area contributed by atoms with Gasteiger partial charge in [0.25, 0.3) is 5.91 Å². The van der Waals surface area contributed by atoms with E-state index in [0.29, 0.717) is 17.3 Å². The first kappa shape index (κ1) is 13.3. The van der Waals surface area contributed by atoms with Crippen molar-refractivity contribution >= 4 is 17.5 Å². The molecule has 6 nitrogen and oxygen atoms in total. The van der Waals surface area contributed by atoms with Crippen LogP contribution in [-0.2, 0) is 4.74 Å². The van der Waals surface area contributed by atoms with Crippen LogP contribution in [0.3, 0.4) is 0 Å². The van der Waals surface area contributed by atoms with Crippen molar-refractivity contribution in [2.45, 2.75) is 6.42 Å². The Morgan fingerprint density at radius 3 is 3.00 bits per heavy atom. The molecule has 7 heteroatoms. The number of carbonyl (C=O) groups is 1. The fourth-order valence-electron chi connectivity index (χ4n) is 1.85. The van der Waals surface area contributed by atoms with Crippen molar-refractivity contribution < 1.29 is 9.53 Å². The van der Waals surface area contributed by atoms with E-state index in [9.17, 15) is 4.79 Å². The van der Waals surface area contributed by atoms with Gasteiger partial charge in [-0.25, -0.2) is 0 Å². The number of ether oxygens (including phenoxy) is 1. The summed E-state index contributed by atoms with van der Waals surface area (Å²) in [5.41, 5.74) is 0.322. The number of nitrogens with zero attached hydrogens (tertiary/aromatic N) is 2. The summed E-state index contributed by atoms with van der Waals surface area (Å²) in [6.07, 6.45) is 2.34. The van der Waals surface area contributed by atoms with Gasteiger partial charge < -0.3 is 10.1 Å². The first-order valence-electron chi connectivity index (χ1n) is 6.04. The van der Waals surface area contributed by atoms with E-state index in [1.807, 2.05) is 0 Å². The van der Waals surface area contributed by atoms with Crippen LogP contribution in [0.4, 0.5) is 0 Å². The fraction of sp³-hybridized carbons (Fsp3) is 0.636. The maximum Gasteiger partial charge on any atom is 0.270 e. The van der Waals surface area contributed by atoms with Crippen molar-refractivity contribution in [3.8, 4) is 0 Å². The van der Waals surface area contributed by atoms with Crippen molar-refractivity contribution in [2.75, 3.05) is 39.4 Å². The second-order valence-electron chi connectivity index (χ2n) is 4.16. The van der Waals surface area contributed by atoms with E-state index in [4.69, 9.17) is 16.3 Å². The maximum atomic E-state index is 11.7. The molecule has 2 heterocycles. The minimum absolute atomic E-state index is 0.209. The van der Waals surface area contributed by atoms with E-state index in [1.165, 1.54) is 6.20 Å². The predicted octanol–water partition coefficient (Wildman–Crippen LogP) is 0.515. The van der Waals surface area contributed by atoms with Gasteiger partial charge in [-0.2, -0.15) is 5.10 Å². The van der Waals surface area contributed by atoms with E-state index in [2.05, 4.69) is 20.4 Å². The number of aromatic amines is 1. The summed E-state index contributed by atoms with van der Waals surface area (Å²) in [5.74, 6) is -0.209. The molecule has 1 aliphatic heterocycles. The van der Waals surface area contributed by atoms with Crippen LogP contribution in [0.15, 0.2) is 6.20 Å². The standard InChI is InChI=1S/C11H17ClN4O2/c12-9-8-14-15-10(9)11(17)13-2-1-3-16-4-6-18-7-5-16/h8H,1-7H2,(H,13,17)(H,14,15). The molecule has 0 radical (unpaired) electrons. The van der Waals surface area contributed by atoms with Gasteiger partial charge in [-0.1, -0.05) is 11.6 Å². The zero-order valence-electron chi connectivity index (χ0n) is 10.1. The van der Waals surface area contributed by atoms with E-state index in [0.717, 1.165) is 39.3 Å². The van der Waals surface area contributed by atoms with Crippen molar-refractivity contribution in [3.05, 3.63) is 16.9 Å². The third-order valence-electron chi connectivity index (χ3n) is 2.86. The molecular formula is C11H17ClN4O2. The Kier molecular flexibility index (Phi) is 4.98. The third-order valence-corrected chi connectivity index (χ3v) is 3.15. The zero-order valence-corrected chi connectivity index (χ0v) is 10.9. The summed E-state index contributed by atoms with van der Waals surface area (Å²) < 4.78 is 5.27. The van der Waals surface area contributed by atoms with Gasteiger partial charge in [0.2, 0.25) is 0 Å². The largest absolute Gasteiger partial charge is 0.379 e. The summed E-state index contributed by atoms with van der Waals surface area (Å²) in [6, 6.07) is 0. The molecular weight excluding hydrogens is 256 g/mol. The molecule has 1 amide bonds. The lowest BCUT2D eigenvalue weighted by Gasteiger charge is -2.26. The molecule has 18 heavy (non-hydrogen) atoms. The van der Waals surface area contributed by atoms with E-state index in [1.54, 1.807) is 0 Å². The van der Waals surface area contributed by atoms with Gasteiger partial charge in [0.05, 0.1) is 24.4 Å². The smallest absolute Gasteiger partial charge is 0.270 e. The number of amides is 1. The molecule has 0 aromatic carbocycles. The number of H-pyrrole nitrogens is 1. The lowest BCUT2D eigenvalue weighted by molar-refractivity contribution is 0.0374. The number of halogens is 1. The Bertz CT molecular complexity index is 390. The molecule has 2 N–H and O–H groups in total. The van der Waals surface area contributed by atoms with E-state index in [-0.39, 0.29) is 5.91 Å². The molecule has 100 valence electrons. The van der Waals surface area contributed by atoms with E-state index < -0.39 is 0 Å². The average Bonchev–Trinajstić information content (AvgIpc) is 2.82. The maximum absolute atomic E-state index is 11.7. The topological polar surface area (TPSA) is 70.2 Å². The minimum Gasteiger partial charge on any atom is -0.379 e. The molecule has 0 saturated carbocycles. The molecule has 0 bridgehead atoms.